The van der Waals surface area contributed by atoms with E-state index in [1.807, 2.05) is 0 Å². The van der Waals surface area contributed by atoms with Crippen molar-refractivity contribution in [3.8, 4) is 6.07 Å². The third-order valence-corrected chi connectivity index (χ3v) is 5.27. The lowest BCUT2D eigenvalue weighted by atomic mass is 9.93. The molecule has 0 aromatic heterocycles. The van der Waals surface area contributed by atoms with Crippen molar-refractivity contribution in [2.75, 3.05) is 26.2 Å². The lowest BCUT2D eigenvalue weighted by Gasteiger charge is -2.34. The Kier molecular flexibility index (Phi) is 6.51. The molecule has 2 atom stereocenters. The molecule has 0 bridgehead atoms. The number of hydrogen-bond acceptors (Lipinski definition) is 3. The van der Waals surface area contributed by atoms with Gasteiger partial charge in [-0.2, -0.15) is 5.26 Å². The predicted molar refractivity (Wildman–Crippen MR) is 88.1 cm³/mol. The molecule has 2 aliphatic rings. The van der Waals surface area contributed by atoms with Gasteiger partial charge in [-0.1, -0.05) is 26.7 Å². The quantitative estimate of drug-likeness (QED) is 0.743. The van der Waals surface area contributed by atoms with E-state index in [0.29, 0.717) is 5.92 Å². The summed E-state index contributed by atoms with van der Waals surface area (Å²) in [6, 6.07) is 2.66. The topological polar surface area (TPSA) is 39.1 Å². The standard InChI is InChI=1S/C18H33N3/c1-3-6-16-7-5-12-21(13-10-16)15-18(14-19,17-8-9-17)20-11-4-2/h16-17,20H,3-13,15H2,1-2H3. The molecule has 3 heteroatoms. The normalized spacial score (nSPS) is 26.8. The Bertz CT molecular complexity index is 345. The van der Waals surface area contributed by atoms with Crippen LogP contribution in [0, 0.1) is 23.2 Å². The summed E-state index contributed by atoms with van der Waals surface area (Å²) in [5, 5.41) is 13.4. The first-order valence-electron chi connectivity index (χ1n) is 9.12. The highest BCUT2D eigenvalue weighted by Crippen LogP contribution is 2.40. The number of nitriles is 1. The lowest BCUT2D eigenvalue weighted by Crippen LogP contribution is -2.54. The average molecular weight is 291 g/mol. The van der Waals surface area contributed by atoms with Gasteiger partial charge in [-0.15, -0.1) is 0 Å². The predicted octanol–water partition coefficient (Wildman–Crippen LogP) is 3.56. The number of likely N-dealkylation sites (tertiary alicyclic amines) is 1. The fourth-order valence-electron chi connectivity index (χ4n) is 3.85. The molecule has 3 nitrogen and oxygen atoms in total. The third-order valence-electron chi connectivity index (χ3n) is 5.27. The summed E-state index contributed by atoms with van der Waals surface area (Å²) in [6.45, 7) is 8.76. The molecule has 0 radical (unpaired) electrons. The molecule has 1 aliphatic carbocycles. The molecule has 2 rings (SSSR count). The van der Waals surface area contributed by atoms with Crippen LogP contribution in [0.5, 0.6) is 0 Å². The third kappa shape index (κ3) is 4.69. The molecule has 0 spiro atoms. The monoisotopic (exact) mass is 291 g/mol. The van der Waals surface area contributed by atoms with Gasteiger partial charge in [0, 0.05) is 6.54 Å². The first-order chi connectivity index (χ1) is 10.2. The SMILES string of the molecule is CCCNC(C#N)(CN1CCCC(CCC)CC1)C1CC1. The van der Waals surface area contributed by atoms with E-state index in [-0.39, 0.29) is 5.54 Å². The molecule has 0 amide bonds. The minimum Gasteiger partial charge on any atom is -0.300 e. The highest BCUT2D eigenvalue weighted by atomic mass is 15.2. The van der Waals surface area contributed by atoms with Crippen molar-refractivity contribution in [2.45, 2.75) is 70.8 Å². The molecule has 21 heavy (non-hydrogen) atoms. The largest absolute Gasteiger partial charge is 0.300 e. The second-order valence-electron chi connectivity index (χ2n) is 7.15. The molecule has 2 fully saturated rings. The van der Waals surface area contributed by atoms with Gasteiger partial charge < -0.3 is 4.90 Å². The number of rotatable bonds is 8. The second kappa shape index (κ2) is 8.15. The van der Waals surface area contributed by atoms with Crippen LogP contribution in [0.25, 0.3) is 0 Å². The Labute approximate surface area is 131 Å². The Morgan fingerprint density at radius 2 is 1.95 bits per heavy atom. The van der Waals surface area contributed by atoms with Crippen LogP contribution >= 0.6 is 0 Å². The summed E-state index contributed by atoms with van der Waals surface area (Å²) < 4.78 is 0. The van der Waals surface area contributed by atoms with Crippen LogP contribution in [-0.4, -0.2) is 36.6 Å². The van der Waals surface area contributed by atoms with Crippen molar-refractivity contribution >= 4 is 0 Å². The first kappa shape index (κ1) is 16.8. The zero-order valence-corrected chi connectivity index (χ0v) is 14.0. The van der Waals surface area contributed by atoms with E-state index >= 15 is 0 Å². The molecular formula is C18H33N3. The zero-order chi connectivity index (χ0) is 15.1. The summed E-state index contributed by atoms with van der Waals surface area (Å²) in [6.07, 6.45) is 10.3. The van der Waals surface area contributed by atoms with E-state index in [0.717, 1.165) is 25.4 Å². The summed E-state index contributed by atoms with van der Waals surface area (Å²) in [7, 11) is 0. The number of nitrogens with zero attached hydrogens (tertiary/aromatic N) is 2. The number of hydrogen-bond donors (Lipinski definition) is 1. The van der Waals surface area contributed by atoms with Gasteiger partial charge in [0.1, 0.15) is 5.54 Å². The van der Waals surface area contributed by atoms with Crippen LogP contribution in [0.2, 0.25) is 0 Å². The van der Waals surface area contributed by atoms with Crippen molar-refractivity contribution in [3.63, 3.8) is 0 Å². The molecule has 0 aromatic rings. The van der Waals surface area contributed by atoms with Crippen LogP contribution in [0.15, 0.2) is 0 Å². The minimum atomic E-state index is -0.277. The Morgan fingerprint density at radius 1 is 1.14 bits per heavy atom. The van der Waals surface area contributed by atoms with Gasteiger partial charge in [-0.25, -0.2) is 0 Å². The zero-order valence-electron chi connectivity index (χ0n) is 14.0. The molecule has 2 unspecified atom stereocenters. The Hall–Kier alpha value is -0.590. The second-order valence-corrected chi connectivity index (χ2v) is 7.15. The van der Waals surface area contributed by atoms with E-state index in [9.17, 15) is 5.26 Å². The Balaban J connectivity index is 1.92. The van der Waals surface area contributed by atoms with E-state index < -0.39 is 0 Å². The summed E-state index contributed by atoms with van der Waals surface area (Å²) in [5.74, 6) is 1.50. The summed E-state index contributed by atoms with van der Waals surface area (Å²) >= 11 is 0. The van der Waals surface area contributed by atoms with E-state index in [1.54, 1.807) is 0 Å². The van der Waals surface area contributed by atoms with Crippen LogP contribution in [0.3, 0.4) is 0 Å². The molecule has 1 N–H and O–H groups in total. The summed E-state index contributed by atoms with van der Waals surface area (Å²) in [4.78, 5) is 2.57. The molecule has 0 aromatic carbocycles. The van der Waals surface area contributed by atoms with Gasteiger partial charge >= 0.3 is 0 Å². The minimum absolute atomic E-state index is 0.277. The maximum atomic E-state index is 9.81. The number of nitrogens with one attached hydrogen (secondary N) is 1. The van der Waals surface area contributed by atoms with Gasteiger partial charge in [-0.05, 0) is 70.0 Å². The van der Waals surface area contributed by atoms with E-state index in [1.165, 1.54) is 58.0 Å². The van der Waals surface area contributed by atoms with Gasteiger partial charge in [0.25, 0.3) is 0 Å². The van der Waals surface area contributed by atoms with Gasteiger partial charge in [-0.3, -0.25) is 5.32 Å². The fraction of sp³-hybridized carbons (Fsp3) is 0.944. The molecule has 1 saturated heterocycles. The van der Waals surface area contributed by atoms with Crippen LogP contribution in [0.1, 0.15) is 65.2 Å². The molecule has 120 valence electrons. The smallest absolute Gasteiger partial charge is 0.122 e. The highest BCUT2D eigenvalue weighted by molar-refractivity contribution is 5.16. The summed E-state index contributed by atoms with van der Waals surface area (Å²) in [5.41, 5.74) is -0.277. The van der Waals surface area contributed by atoms with Crippen LogP contribution in [0.4, 0.5) is 0 Å². The van der Waals surface area contributed by atoms with Crippen molar-refractivity contribution in [2.24, 2.45) is 11.8 Å². The Morgan fingerprint density at radius 3 is 2.57 bits per heavy atom. The lowest BCUT2D eigenvalue weighted by molar-refractivity contribution is 0.199. The average Bonchev–Trinajstić information content (AvgIpc) is 3.33. The van der Waals surface area contributed by atoms with E-state index in [4.69, 9.17) is 0 Å². The van der Waals surface area contributed by atoms with Gasteiger partial charge in [0.15, 0.2) is 0 Å². The van der Waals surface area contributed by atoms with Crippen molar-refractivity contribution in [1.82, 2.24) is 10.2 Å². The highest BCUT2D eigenvalue weighted by Gasteiger charge is 2.46. The maximum absolute atomic E-state index is 9.81. The fourth-order valence-corrected chi connectivity index (χ4v) is 3.85. The molecule has 1 saturated carbocycles. The first-order valence-corrected chi connectivity index (χ1v) is 9.12. The maximum Gasteiger partial charge on any atom is 0.122 e. The molecular weight excluding hydrogens is 258 g/mol. The van der Waals surface area contributed by atoms with Crippen molar-refractivity contribution < 1.29 is 0 Å². The molecule has 1 aliphatic heterocycles. The van der Waals surface area contributed by atoms with Crippen molar-refractivity contribution in [1.29, 1.82) is 5.26 Å². The van der Waals surface area contributed by atoms with Gasteiger partial charge in [0.2, 0.25) is 0 Å². The van der Waals surface area contributed by atoms with Crippen LogP contribution < -0.4 is 5.32 Å². The van der Waals surface area contributed by atoms with Gasteiger partial charge in [0.05, 0.1) is 6.07 Å². The van der Waals surface area contributed by atoms with E-state index in [2.05, 4.69) is 30.1 Å². The van der Waals surface area contributed by atoms with Crippen molar-refractivity contribution in [3.05, 3.63) is 0 Å². The van der Waals surface area contributed by atoms with Crippen LogP contribution in [-0.2, 0) is 0 Å². The molecule has 1 heterocycles.